The number of nitrogens with zero attached hydrogens (tertiary/aromatic N) is 7. The molecule has 6 rings (SSSR count). The normalized spacial score (nSPS) is 21.6. The van der Waals surface area contributed by atoms with Crippen LogP contribution in [0.15, 0.2) is 43.0 Å². The van der Waals surface area contributed by atoms with E-state index in [0.29, 0.717) is 69.1 Å². The second-order valence-electron chi connectivity index (χ2n) is 12.4. The number of hydrogen-bond acceptors (Lipinski definition) is 8. The van der Waals surface area contributed by atoms with Gasteiger partial charge in [0.2, 0.25) is 5.91 Å². The van der Waals surface area contributed by atoms with Crippen LogP contribution < -0.4 is 14.5 Å². The highest BCUT2D eigenvalue weighted by atomic mass is 35.5. The molecule has 1 saturated heterocycles. The molecule has 0 N–H and O–H groups in total. The Kier molecular flexibility index (Phi) is 9.11. The molecule has 0 radical (unpaired) electrons. The van der Waals surface area contributed by atoms with Gasteiger partial charge in [0.05, 0.1) is 42.4 Å². The van der Waals surface area contributed by atoms with Gasteiger partial charge in [-0.2, -0.15) is 15.2 Å². The largest absolute Gasteiger partial charge is 0.463 e. The number of benzene rings is 2. The molecular formula is C34H39ClFN7O2. The van der Waals surface area contributed by atoms with Gasteiger partial charge in [0, 0.05) is 54.8 Å². The molecule has 9 nitrogen and oxygen atoms in total. The first-order valence-electron chi connectivity index (χ1n) is 15.6. The second kappa shape index (κ2) is 13.2. The fourth-order valence-electron chi connectivity index (χ4n) is 7.28. The van der Waals surface area contributed by atoms with Crippen LogP contribution in [0, 0.1) is 23.1 Å². The summed E-state index contributed by atoms with van der Waals surface area (Å²) in [6.45, 7) is 6.83. The average Bonchev–Trinajstić information content (AvgIpc) is 3.53. The molecule has 11 heteroatoms. The van der Waals surface area contributed by atoms with Crippen molar-refractivity contribution in [3.63, 3.8) is 0 Å². The van der Waals surface area contributed by atoms with Gasteiger partial charge in [0.25, 0.3) is 0 Å². The number of nitriles is 1. The number of halogens is 2. The number of carbonyl (C=O) groups excluding carboxylic acids is 1. The molecule has 0 bridgehead atoms. The average molecular weight is 632 g/mol. The molecule has 1 aromatic heterocycles. The molecular weight excluding hydrogens is 593 g/mol. The van der Waals surface area contributed by atoms with Gasteiger partial charge in [0.1, 0.15) is 11.6 Å². The zero-order chi connectivity index (χ0) is 31.7. The van der Waals surface area contributed by atoms with E-state index in [4.69, 9.17) is 26.3 Å². The number of fused-ring (bicyclic) bond motifs is 2. The van der Waals surface area contributed by atoms with Crippen molar-refractivity contribution in [2.45, 2.75) is 50.7 Å². The van der Waals surface area contributed by atoms with Crippen LogP contribution in [0.5, 0.6) is 6.01 Å². The number of hydrogen-bond donors (Lipinski definition) is 0. The predicted molar refractivity (Wildman–Crippen MR) is 174 cm³/mol. The van der Waals surface area contributed by atoms with E-state index in [1.807, 2.05) is 18.2 Å². The number of aromatic nitrogens is 2. The van der Waals surface area contributed by atoms with E-state index in [1.165, 1.54) is 18.6 Å². The van der Waals surface area contributed by atoms with Crippen molar-refractivity contribution in [3.05, 3.63) is 65.1 Å². The Hall–Kier alpha value is -3.94. The summed E-state index contributed by atoms with van der Waals surface area (Å²) < 4.78 is 20.9. The molecule has 2 aromatic carbocycles. The molecule has 236 valence electrons. The summed E-state index contributed by atoms with van der Waals surface area (Å²) in [6, 6.07) is 11.8. The molecule has 3 atom stereocenters. The van der Waals surface area contributed by atoms with Crippen LogP contribution in [-0.2, 0) is 17.8 Å². The summed E-state index contributed by atoms with van der Waals surface area (Å²) in [5, 5.41) is 11.2. The van der Waals surface area contributed by atoms with Crippen LogP contribution >= 0.6 is 11.6 Å². The van der Waals surface area contributed by atoms with E-state index in [2.05, 4.69) is 41.4 Å². The lowest BCUT2D eigenvalue weighted by Gasteiger charge is -2.42. The molecule has 2 fully saturated rings. The van der Waals surface area contributed by atoms with Crippen molar-refractivity contribution >= 4 is 39.8 Å². The molecule has 0 unspecified atom stereocenters. The van der Waals surface area contributed by atoms with Crippen LogP contribution in [0.1, 0.15) is 36.9 Å². The first-order chi connectivity index (χ1) is 21.8. The van der Waals surface area contributed by atoms with E-state index >= 15 is 0 Å². The second-order valence-corrected chi connectivity index (χ2v) is 12.8. The minimum Gasteiger partial charge on any atom is -0.463 e. The number of piperazine rings is 1. The Bertz CT molecular complexity index is 1640. The van der Waals surface area contributed by atoms with E-state index in [-0.39, 0.29) is 23.4 Å². The monoisotopic (exact) mass is 631 g/mol. The highest BCUT2D eigenvalue weighted by molar-refractivity contribution is 6.36. The number of anilines is 2. The number of rotatable bonds is 8. The van der Waals surface area contributed by atoms with Crippen molar-refractivity contribution < 1.29 is 13.9 Å². The third kappa shape index (κ3) is 6.16. The van der Waals surface area contributed by atoms with Crippen LogP contribution in [0.4, 0.5) is 15.9 Å². The Morgan fingerprint density at radius 2 is 2.04 bits per heavy atom. The van der Waals surface area contributed by atoms with Gasteiger partial charge in [0.15, 0.2) is 0 Å². The van der Waals surface area contributed by atoms with Gasteiger partial charge < -0.3 is 24.3 Å². The predicted octanol–water partition coefficient (Wildman–Crippen LogP) is 5.21. The van der Waals surface area contributed by atoms with Gasteiger partial charge in [-0.3, -0.25) is 4.79 Å². The highest BCUT2D eigenvalue weighted by Gasteiger charge is 2.34. The molecule has 3 aromatic rings. The Morgan fingerprint density at radius 1 is 1.20 bits per heavy atom. The first-order valence-corrected chi connectivity index (χ1v) is 16.0. The van der Waals surface area contributed by atoms with Crippen LogP contribution in [0.2, 0.25) is 5.02 Å². The smallest absolute Gasteiger partial charge is 0.318 e. The van der Waals surface area contributed by atoms with Gasteiger partial charge >= 0.3 is 6.01 Å². The van der Waals surface area contributed by atoms with Gasteiger partial charge in [-0.05, 0) is 57.0 Å². The molecule has 45 heavy (non-hydrogen) atoms. The molecule has 3 aliphatic rings. The number of ether oxygens (including phenoxy) is 1. The summed E-state index contributed by atoms with van der Waals surface area (Å²) in [5.74, 6) is 0.566. The summed E-state index contributed by atoms with van der Waals surface area (Å²) in [5.41, 5.74) is 2.74. The molecule has 1 aliphatic carbocycles. The highest BCUT2D eigenvalue weighted by Crippen LogP contribution is 2.38. The van der Waals surface area contributed by atoms with Crippen molar-refractivity contribution in [1.82, 2.24) is 19.8 Å². The van der Waals surface area contributed by atoms with E-state index < -0.39 is 5.82 Å². The standard InChI is InChI=1S/C34H39ClFN7O2/c1-4-30(44)43-18-17-42(19-24(43)13-15-37)33-25-14-16-41(29-10-5-7-22-11-12-26(36)32(35)31(22)29)20-27(25)38-34(39-33)45-21-23-8-6-9-28(23)40(2)3/h4-5,7,10-12,23-24,28H,1,6,8-9,13-14,16-21H2,2-3H3/t23-,24-,28-/m0/s1. The maximum absolute atomic E-state index is 14.6. The van der Waals surface area contributed by atoms with Crippen LogP contribution in [0.3, 0.4) is 0 Å². The minimum atomic E-state index is -0.446. The quantitative estimate of drug-likeness (QED) is 0.313. The Morgan fingerprint density at radius 3 is 2.82 bits per heavy atom. The molecule has 0 spiro atoms. The van der Waals surface area contributed by atoms with Gasteiger partial charge in [-0.1, -0.05) is 42.8 Å². The minimum absolute atomic E-state index is 0.115. The number of carbonyl (C=O) groups is 1. The molecule has 3 heterocycles. The lowest BCUT2D eigenvalue weighted by atomic mass is 10.0. The Labute approximate surface area is 268 Å². The summed E-state index contributed by atoms with van der Waals surface area (Å²) in [6.07, 6.45) is 5.60. The zero-order valence-corrected chi connectivity index (χ0v) is 26.6. The summed E-state index contributed by atoms with van der Waals surface area (Å²) >= 11 is 6.51. The number of amides is 1. The van der Waals surface area contributed by atoms with Crippen LogP contribution in [0.25, 0.3) is 10.8 Å². The first kappa shape index (κ1) is 31.1. The van der Waals surface area contributed by atoms with Crippen molar-refractivity contribution in [1.29, 1.82) is 5.26 Å². The van der Waals surface area contributed by atoms with Crippen molar-refractivity contribution in [3.8, 4) is 12.1 Å². The fourth-order valence-corrected chi connectivity index (χ4v) is 7.55. The topological polar surface area (TPSA) is 88.8 Å². The maximum Gasteiger partial charge on any atom is 0.318 e. The third-order valence-corrected chi connectivity index (χ3v) is 9.92. The van der Waals surface area contributed by atoms with Gasteiger partial charge in [-0.25, -0.2) is 4.39 Å². The Balaban J connectivity index is 1.35. The molecule has 2 aliphatic heterocycles. The van der Waals surface area contributed by atoms with E-state index in [0.717, 1.165) is 41.0 Å². The lowest BCUT2D eigenvalue weighted by Crippen LogP contribution is -2.55. The fraction of sp³-hybridized carbons (Fsp3) is 0.471. The van der Waals surface area contributed by atoms with Crippen molar-refractivity contribution in [2.24, 2.45) is 5.92 Å². The molecule has 1 saturated carbocycles. The molecule has 1 amide bonds. The van der Waals surface area contributed by atoms with E-state index in [1.54, 1.807) is 11.0 Å². The third-order valence-electron chi connectivity index (χ3n) is 9.55. The summed E-state index contributed by atoms with van der Waals surface area (Å²) in [7, 11) is 4.23. The van der Waals surface area contributed by atoms with Gasteiger partial charge in [-0.15, -0.1) is 0 Å². The lowest BCUT2D eigenvalue weighted by molar-refractivity contribution is -0.128. The van der Waals surface area contributed by atoms with Crippen LogP contribution in [-0.4, -0.2) is 84.6 Å². The van der Waals surface area contributed by atoms with Crippen molar-refractivity contribution in [2.75, 3.05) is 56.7 Å². The SMILES string of the molecule is C=CC(=O)N1CCN(c2nc(OC[C@@H]3CCC[C@@H]3N(C)C)nc3c2CCN(c2cccc4ccc(F)c(Cl)c24)C3)C[C@@H]1CC#N. The maximum atomic E-state index is 14.6. The summed E-state index contributed by atoms with van der Waals surface area (Å²) in [4.78, 5) is 30.9. The zero-order valence-electron chi connectivity index (χ0n) is 25.9. The van der Waals surface area contributed by atoms with E-state index in [9.17, 15) is 14.4 Å².